The number of rotatable bonds is 9. The number of benzene rings is 1. The maximum Gasteiger partial charge on any atom is 0.305 e. The van der Waals surface area contributed by atoms with Crippen LogP contribution in [0.5, 0.6) is 11.6 Å². The fraction of sp³-hybridized carbons (Fsp3) is 0.469. The molecule has 0 N–H and O–H groups in total. The molecule has 45 heavy (non-hydrogen) atoms. The quantitative estimate of drug-likeness (QED) is 0.301. The molecule has 6 rings (SSSR count). The van der Waals surface area contributed by atoms with Crippen molar-refractivity contribution in [1.82, 2.24) is 24.8 Å². The van der Waals surface area contributed by atoms with Crippen molar-refractivity contribution in [2.45, 2.75) is 25.8 Å². The van der Waals surface area contributed by atoms with Gasteiger partial charge in [0.05, 0.1) is 44.3 Å². The second-order valence-electron chi connectivity index (χ2n) is 11.7. The number of carbonyl (C=O) groups is 2. The van der Waals surface area contributed by atoms with Crippen molar-refractivity contribution in [3.63, 3.8) is 0 Å². The summed E-state index contributed by atoms with van der Waals surface area (Å²) < 4.78 is 16.2. The number of hydrogen-bond donors (Lipinski definition) is 0. The summed E-state index contributed by atoms with van der Waals surface area (Å²) in [7, 11) is 1.44. The lowest BCUT2D eigenvalue weighted by Gasteiger charge is -2.38. The van der Waals surface area contributed by atoms with E-state index in [0.717, 1.165) is 37.1 Å². The lowest BCUT2D eigenvalue weighted by molar-refractivity contribution is -0.150. The van der Waals surface area contributed by atoms with Crippen LogP contribution in [-0.2, 0) is 25.6 Å². The van der Waals surface area contributed by atoms with E-state index < -0.39 is 0 Å². The highest BCUT2D eigenvalue weighted by atomic mass is 35.5. The van der Waals surface area contributed by atoms with Crippen molar-refractivity contribution in [2.24, 2.45) is 11.8 Å². The lowest BCUT2D eigenvalue weighted by Crippen LogP contribution is -2.53. The molecule has 3 aliphatic rings. The molecule has 11 nitrogen and oxygen atoms in total. The van der Waals surface area contributed by atoms with Gasteiger partial charge in [0.25, 0.3) is 0 Å². The predicted octanol–water partition coefficient (Wildman–Crippen LogP) is 4.71. The van der Waals surface area contributed by atoms with Crippen molar-refractivity contribution < 1.29 is 23.8 Å². The molecule has 1 aromatic carbocycles. The van der Waals surface area contributed by atoms with Gasteiger partial charge in [-0.05, 0) is 61.7 Å². The minimum Gasteiger partial charge on any atom is -0.469 e. The van der Waals surface area contributed by atoms with E-state index >= 15 is 0 Å². The molecule has 1 amide bonds. The number of pyridine rings is 1. The molecule has 0 spiro atoms. The van der Waals surface area contributed by atoms with Gasteiger partial charge in [-0.2, -0.15) is 0 Å². The normalized spacial score (nSPS) is 18.0. The Balaban J connectivity index is 1.14. The lowest BCUT2D eigenvalue weighted by atomic mass is 9.93. The summed E-state index contributed by atoms with van der Waals surface area (Å²) in [6.07, 6.45) is 5.61. The van der Waals surface area contributed by atoms with Gasteiger partial charge in [0.2, 0.25) is 17.7 Å². The van der Waals surface area contributed by atoms with E-state index in [1.807, 2.05) is 29.2 Å². The number of ether oxygens (including phenoxy) is 3. The number of amides is 1. The molecule has 0 radical (unpaired) electrons. The third kappa shape index (κ3) is 8.02. The van der Waals surface area contributed by atoms with E-state index in [9.17, 15) is 9.59 Å². The van der Waals surface area contributed by atoms with Crippen LogP contribution in [0.2, 0.25) is 10.0 Å². The maximum atomic E-state index is 12.5. The molecule has 3 aromatic rings. The van der Waals surface area contributed by atoms with Crippen molar-refractivity contribution in [3.05, 3.63) is 58.3 Å². The average molecular weight is 656 g/mol. The number of halogens is 2. The first-order valence-corrected chi connectivity index (χ1v) is 16.0. The van der Waals surface area contributed by atoms with Gasteiger partial charge >= 0.3 is 5.97 Å². The van der Waals surface area contributed by atoms with Crippen LogP contribution in [0, 0.1) is 11.8 Å². The maximum absolute atomic E-state index is 12.5. The highest BCUT2D eigenvalue weighted by Crippen LogP contribution is 2.31. The van der Waals surface area contributed by atoms with Gasteiger partial charge in [0, 0.05) is 60.8 Å². The van der Waals surface area contributed by atoms with E-state index in [-0.39, 0.29) is 17.8 Å². The standard InChI is InChI=1S/C32H36Cl2N6O5/c1-43-30(41)12-21-2-4-38(5-3-21)18-22-10-28(23-13-25(33)15-26(34)14-23)37-29(11-22)45-27-16-35-32(36-17-27)40-8-6-39(7-9-40)31(42)24-19-44-20-24/h10-11,13-17,21,24H,2-9,12,18-20H2,1H3. The zero-order valence-corrected chi connectivity index (χ0v) is 26.7. The van der Waals surface area contributed by atoms with Gasteiger partial charge in [-0.25, -0.2) is 15.0 Å². The number of esters is 1. The molecule has 0 unspecified atom stereocenters. The summed E-state index contributed by atoms with van der Waals surface area (Å²) in [6.45, 7) is 6.09. The van der Waals surface area contributed by atoms with Crippen molar-refractivity contribution >= 4 is 41.0 Å². The third-order valence-corrected chi connectivity index (χ3v) is 8.95. The number of piperazine rings is 1. The molecule has 5 heterocycles. The van der Waals surface area contributed by atoms with Crippen molar-refractivity contribution in [2.75, 3.05) is 64.5 Å². The Morgan fingerprint density at radius 1 is 0.933 bits per heavy atom. The van der Waals surface area contributed by atoms with Crippen LogP contribution in [0.3, 0.4) is 0 Å². The Kier molecular flexibility index (Phi) is 9.99. The van der Waals surface area contributed by atoms with Crippen LogP contribution in [0.4, 0.5) is 5.95 Å². The zero-order valence-electron chi connectivity index (χ0n) is 25.2. The monoisotopic (exact) mass is 654 g/mol. The molecule has 238 valence electrons. The van der Waals surface area contributed by atoms with Gasteiger partial charge in [-0.1, -0.05) is 23.2 Å². The molecular formula is C32H36Cl2N6O5. The first kappa shape index (κ1) is 31.5. The van der Waals surface area contributed by atoms with Crippen LogP contribution in [0.25, 0.3) is 11.3 Å². The summed E-state index contributed by atoms with van der Waals surface area (Å²) in [5.41, 5.74) is 2.49. The van der Waals surface area contributed by atoms with Gasteiger partial charge in [-0.3, -0.25) is 14.5 Å². The molecule has 3 saturated heterocycles. The summed E-state index contributed by atoms with van der Waals surface area (Å²) in [4.78, 5) is 44.4. The Morgan fingerprint density at radius 2 is 1.62 bits per heavy atom. The Hall–Kier alpha value is -3.51. The third-order valence-electron chi connectivity index (χ3n) is 8.51. The van der Waals surface area contributed by atoms with Crippen LogP contribution < -0.4 is 9.64 Å². The van der Waals surface area contributed by atoms with E-state index in [1.165, 1.54) is 7.11 Å². The summed E-state index contributed by atoms with van der Waals surface area (Å²) in [6, 6.07) is 9.29. The average Bonchev–Trinajstić information content (AvgIpc) is 3.01. The number of methoxy groups -OCH3 is 1. The minimum atomic E-state index is -0.152. The topological polar surface area (TPSA) is 110 Å². The van der Waals surface area contributed by atoms with Crippen LogP contribution in [0.1, 0.15) is 24.8 Å². The molecule has 3 aliphatic heterocycles. The number of anilines is 1. The number of nitrogens with zero attached hydrogens (tertiary/aromatic N) is 6. The second kappa shape index (κ2) is 14.3. The highest BCUT2D eigenvalue weighted by Gasteiger charge is 2.32. The van der Waals surface area contributed by atoms with E-state index in [4.69, 9.17) is 42.4 Å². The number of hydrogen-bond acceptors (Lipinski definition) is 10. The second-order valence-corrected chi connectivity index (χ2v) is 12.6. The number of carbonyl (C=O) groups excluding carboxylic acids is 2. The largest absolute Gasteiger partial charge is 0.469 e. The SMILES string of the molecule is COC(=O)CC1CCN(Cc2cc(Oc3cnc(N4CCN(C(=O)C5COC5)CC4)nc3)nc(-c3cc(Cl)cc(Cl)c3)c2)CC1. The molecule has 2 aromatic heterocycles. The molecule has 0 saturated carbocycles. The van der Waals surface area contributed by atoms with Gasteiger partial charge < -0.3 is 24.0 Å². The molecular weight excluding hydrogens is 619 g/mol. The highest BCUT2D eigenvalue weighted by molar-refractivity contribution is 6.35. The van der Waals surface area contributed by atoms with Crippen molar-refractivity contribution in [1.29, 1.82) is 0 Å². The number of piperidine rings is 1. The summed E-state index contributed by atoms with van der Waals surface area (Å²) >= 11 is 12.6. The molecule has 3 fully saturated rings. The van der Waals surface area contributed by atoms with Crippen LogP contribution >= 0.6 is 23.2 Å². The fourth-order valence-corrected chi connectivity index (χ4v) is 6.41. The molecule has 0 atom stereocenters. The Bertz CT molecular complexity index is 1490. The Morgan fingerprint density at radius 3 is 2.24 bits per heavy atom. The molecule has 0 bridgehead atoms. The Labute approximate surface area is 272 Å². The number of likely N-dealkylation sites (tertiary alicyclic amines) is 1. The number of aromatic nitrogens is 3. The van der Waals surface area contributed by atoms with E-state index in [1.54, 1.807) is 18.5 Å². The smallest absolute Gasteiger partial charge is 0.305 e. The van der Waals surface area contributed by atoms with Crippen LogP contribution in [-0.4, -0.2) is 96.2 Å². The predicted molar refractivity (Wildman–Crippen MR) is 170 cm³/mol. The first-order chi connectivity index (χ1) is 21.8. The molecule has 13 heteroatoms. The van der Waals surface area contributed by atoms with E-state index in [2.05, 4.69) is 19.8 Å². The summed E-state index contributed by atoms with van der Waals surface area (Å²) in [5, 5.41) is 1.04. The first-order valence-electron chi connectivity index (χ1n) is 15.2. The zero-order chi connectivity index (χ0) is 31.3. The van der Waals surface area contributed by atoms with Gasteiger partial charge in [0.15, 0.2) is 5.75 Å². The van der Waals surface area contributed by atoms with E-state index in [0.29, 0.717) is 91.6 Å². The minimum absolute atomic E-state index is 0.00188. The van der Waals surface area contributed by atoms with Crippen molar-refractivity contribution in [3.8, 4) is 22.9 Å². The molecule has 0 aliphatic carbocycles. The summed E-state index contributed by atoms with van der Waals surface area (Å²) in [5.74, 6) is 1.81. The fourth-order valence-electron chi connectivity index (χ4n) is 5.89. The van der Waals surface area contributed by atoms with Crippen LogP contribution in [0.15, 0.2) is 42.7 Å². The van der Waals surface area contributed by atoms with Gasteiger partial charge in [-0.15, -0.1) is 0 Å². The van der Waals surface area contributed by atoms with Gasteiger partial charge in [0.1, 0.15) is 0 Å².